The number of carbonyl (C=O) groups excluding carboxylic acids is 2. The van der Waals surface area contributed by atoms with Crippen LogP contribution in [-0.4, -0.2) is 11.8 Å². The molecule has 4 nitrogen and oxygen atoms in total. The zero-order valence-electron chi connectivity index (χ0n) is 11.6. The van der Waals surface area contributed by atoms with E-state index in [0.717, 1.165) is 30.6 Å². The topological polar surface area (TPSA) is 61.2 Å². The standard InChI is InChI=1S/C16H15ClN2O2/c17-12-4-3-11(10-18)13(7-12)19-14(20)8-16(9-15(19)21)5-1-2-6-16/h3-4,7H,1-2,5-6,8-9H2. The van der Waals surface area contributed by atoms with Crippen LogP contribution in [-0.2, 0) is 9.59 Å². The molecular formula is C16H15ClN2O2. The number of carbonyl (C=O) groups is 2. The number of hydrogen-bond donors (Lipinski definition) is 0. The van der Waals surface area contributed by atoms with Gasteiger partial charge in [0, 0.05) is 17.9 Å². The number of benzene rings is 1. The van der Waals surface area contributed by atoms with Gasteiger partial charge >= 0.3 is 0 Å². The predicted molar refractivity (Wildman–Crippen MR) is 78.8 cm³/mol. The molecule has 2 aliphatic rings. The highest BCUT2D eigenvalue weighted by molar-refractivity contribution is 6.31. The molecule has 5 heteroatoms. The summed E-state index contributed by atoms with van der Waals surface area (Å²) >= 11 is 5.95. The lowest BCUT2D eigenvalue weighted by atomic mass is 9.76. The Hall–Kier alpha value is -1.86. The minimum Gasteiger partial charge on any atom is -0.274 e. The van der Waals surface area contributed by atoms with Crippen molar-refractivity contribution in [3.05, 3.63) is 28.8 Å². The number of amides is 2. The zero-order valence-corrected chi connectivity index (χ0v) is 12.3. The fourth-order valence-electron chi connectivity index (χ4n) is 3.53. The number of rotatable bonds is 1. The van der Waals surface area contributed by atoms with E-state index in [1.54, 1.807) is 6.07 Å². The van der Waals surface area contributed by atoms with Crippen molar-refractivity contribution in [2.45, 2.75) is 38.5 Å². The molecule has 1 aliphatic carbocycles. The minimum atomic E-state index is -0.216. The molecule has 0 radical (unpaired) electrons. The molecule has 0 atom stereocenters. The number of halogens is 1. The van der Waals surface area contributed by atoms with Gasteiger partial charge < -0.3 is 0 Å². The average molecular weight is 303 g/mol. The Morgan fingerprint density at radius 3 is 2.33 bits per heavy atom. The lowest BCUT2D eigenvalue weighted by Gasteiger charge is -2.37. The monoisotopic (exact) mass is 302 g/mol. The van der Waals surface area contributed by atoms with Crippen LogP contribution in [0, 0.1) is 16.7 Å². The van der Waals surface area contributed by atoms with Gasteiger partial charge in [0.25, 0.3) is 0 Å². The minimum absolute atomic E-state index is 0.143. The van der Waals surface area contributed by atoms with E-state index in [2.05, 4.69) is 0 Å². The average Bonchev–Trinajstić information content (AvgIpc) is 2.86. The third-order valence-corrected chi connectivity index (χ3v) is 4.77. The van der Waals surface area contributed by atoms with E-state index < -0.39 is 0 Å². The molecule has 0 aromatic heterocycles. The van der Waals surface area contributed by atoms with Crippen LogP contribution in [0.25, 0.3) is 0 Å². The Labute approximate surface area is 128 Å². The van der Waals surface area contributed by atoms with Gasteiger partial charge in [0.05, 0.1) is 11.3 Å². The number of hydrogen-bond acceptors (Lipinski definition) is 3. The van der Waals surface area contributed by atoms with Crippen molar-refractivity contribution in [1.29, 1.82) is 5.26 Å². The van der Waals surface area contributed by atoms with Gasteiger partial charge in [0.1, 0.15) is 6.07 Å². The van der Waals surface area contributed by atoms with E-state index in [0.29, 0.717) is 29.1 Å². The van der Waals surface area contributed by atoms with Gasteiger partial charge in [0.2, 0.25) is 11.8 Å². The van der Waals surface area contributed by atoms with E-state index in [1.807, 2.05) is 6.07 Å². The van der Waals surface area contributed by atoms with Crippen molar-refractivity contribution in [2.24, 2.45) is 5.41 Å². The van der Waals surface area contributed by atoms with E-state index in [1.165, 1.54) is 12.1 Å². The van der Waals surface area contributed by atoms with Crippen molar-refractivity contribution in [1.82, 2.24) is 0 Å². The van der Waals surface area contributed by atoms with Gasteiger partial charge in [-0.2, -0.15) is 5.26 Å². The van der Waals surface area contributed by atoms with Crippen LogP contribution in [0.4, 0.5) is 5.69 Å². The predicted octanol–water partition coefficient (Wildman–Crippen LogP) is 3.43. The smallest absolute Gasteiger partial charge is 0.234 e. The van der Waals surface area contributed by atoms with Gasteiger partial charge in [0.15, 0.2) is 0 Å². The molecule has 1 spiro atoms. The molecule has 0 bridgehead atoms. The Balaban J connectivity index is 1.97. The van der Waals surface area contributed by atoms with Crippen LogP contribution in [0.3, 0.4) is 0 Å². The molecule has 21 heavy (non-hydrogen) atoms. The molecule has 1 saturated heterocycles. The molecule has 2 amide bonds. The first-order valence-corrected chi connectivity index (χ1v) is 7.48. The number of anilines is 1. The zero-order chi connectivity index (χ0) is 15.0. The van der Waals surface area contributed by atoms with Crippen LogP contribution >= 0.6 is 11.6 Å². The molecule has 1 heterocycles. The van der Waals surface area contributed by atoms with Gasteiger partial charge in [-0.3, -0.25) is 9.59 Å². The van der Waals surface area contributed by atoms with E-state index in [4.69, 9.17) is 11.6 Å². The molecule has 2 fully saturated rings. The van der Waals surface area contributed by atoms with E-state index in [9.17, 15) is 14.9 Å². The first-order chi connectivity index (χ1) is 10.0. The van der Waals surface area contributed by atoms with Crippen molar-refractivity contribution in [2.75, 3.05) is 4.90 Å². The summed E-state index contributed by atoms with van der Waals surface area (Å²) in [7, 11) is 0. The largest absolute Gasteiger partial charge is 0.274 e. The summed E-state index contributed by atoms with van der Waals surface area (Å²) in [5.41, 5.74) is 0.465. The molecule has 0 N–H and O–H groups in total. The van der Waals surface area contributed by atoms with Crippen LogP contribution in [0.5, 0.6) is 0 Å². The molecule has 0 unspecified atom stereocenters. The van der Waals surface area contributed by atoms with Gasteiger partial charge in [-0.05, 0) is 36.5 Å². The molecule has 1 aromatic rings. The first-order valence-electron chi connectivity index (χ1n) is 7.10. The maximum absolute atomic E-state index is 12.5. The maximum atomic E-state index is 12.5. The van der Waals surface area contributed by atoms with E-state index in [-0.39, 0.29) is 17.2 Å². The lowest BCUT2D eigenvalue weighted by molar-refractivity contribution is -0.133. The summed E-state index contributed by atoms with van der Waals surface area (Å²) in [6, 6.07) is 6.66. The number of nitrogens with zero attached hydrogens (tertiary/aromatic N) is 2. The van der Waals surface area contributed by atoms with Gasteiger partial charge in [-0.25, -0.2) is 4.90 Å². The molecule has 1 aromatic carbocycles. The van der Waals surface area contributed by atoms with Crippen molar-refractivity contribution in [3.8, 4) is 6.07 Å². The van der Waals surface area contributed by atoms with E-state index >= 15 is 0 Å². The Morgan fingerprint density at radius 2 is 1.76 bits per heavy atom. The molecular weight excluding hydrogens is 288 g/mol. The Kier molecular flexibility index (Phi) is 3.46. The Morgan fingerprint density at radius 1 is 1.14 bits per heavy atom. The summed E-state index contributed by atoms with van der Waals surface area (Å²) in [4.78, 5) is 26.1. The van der Waals surface area contributed by atoms with Crippen LogP contribution in [0.1, 0.15) is 44.1 Å². The Bertz CT molecular complexity index is 637. The number of imide groups is 1. The van der Waals surface area contributed by atoms with Crippen molar-refractivity contribution in [3.63, 3.8) is 0 Å². The SMILES string of the molecule is N#Cc1ccc(Cl)cc1N1C(=O)CC2(CCCC2)CC1=O. The maximum Gasteiger partial charge on any atom is 0.234 e. The lowest BCUT2D eigenvalue weighted by Crippen LogP contribution is -2.47. The second-order valence-electron chi connectivity index (χ2n) is 5.96. The first kappa shape index (κ1) is 14.1. The number of nitriles is 1. The van der Waals surface area contributed by atoms with Crippen molar-refractivity contribution < 1.29 is 9.59 Å². The van der Waals surface area contributed by atoms with Crippen molar-refractivity contribution >= 4 is 29.1 Å². The highest BCUT2D eigenvalue weighted by atomic mass is 35.5. The van der Waals surface area contributed by atoms with Gasteiger partial charge in [-0.1, -0.05) is 24.4 Å². The fourth-order valence-corrected chi connectivity index (χ4v) is 3.70. The number of piperidine rings is 1. The van der Waals surface area contributed by atoms with Crippen LogP contribution < -0.4 is 4.90 Å². The summed E-state index contributed by atoms with van der Waals surface area (Å²) in [5.74, 6) is -0.432. The molecule has 3 rings (SSSR count). The highest BCUT2D eigenvalue weighted by Crippen LogP contribution is 2.47. The summed E-state index contributed by atoms with van der Waals surface area (Å²) < 4.78 is 0. The highest BCUT2D eigenvalue weighted by Gasteiger charge is 2.45. The quantitative estimate of drug-likeness (QED) is 0.747. The summed E-state index contributed by atoms with van der Waals surface area (Å²) in [5, 5.41) is 9.58. The summed E-state index contributed by atoms with van der Waals surface area (Å²) in [6.07, 6.45) is 4.83. The molecule has 108 valence electrons. The third-order valence-electron chi connectivity index (χ3n) is 4.54. The second-order valence-corrected chi connectivity index (χ2v) is 6.39. The van der Waals surface area contributed by atoms with Crippen LogP contribution in [0.2, 0.25) is 5.02 Å². The van der Waals surface area contributed by atoms with Crippen LogP contribution in [0.15, 0.2) is 18.2 Å². The molecule has 1 saturated carbocycles. The second kappa shape index (κ2) is 5.16. The third kappa shape index (κ3) is 2.43. The van der Waals surface area contributed by atoms with Gasteiger partial charge in [-0.15, -0.1) is 0 Å². The fraction of sp³-hybridized carbons (Fsp3) is 0.438. The normalized spacial score (nSPS) is 20.9. The summed E-state index contributed by atoms with van der Waals surface area (Å²) in [6.45, 7) is 0. The molecule has 1 aliphatic heterocycles.